The Kier molecular flexibility index (Phi) is 7.44. The fourth-order valence-electron chi connectivity index (χ4n) is 0.685. The van der Waals surface area contributed by atoms with Gasteiger partial charge in [-0.1, -0.05) is 19.1 Å². The second-order valence-corrected chi connectivity index (χ2v) is 2.08. The molecule has 0 spiro atoms. The van der Waals surface area contributed by atoms with Crippen LogP contribution >= 0.6 is 0 Å². The molecule has 0 amide bonds. The lowest BCUT2D eigenvalue weighted by atomic mass is 10.2. The van der Waals surface area contributed by atoms with Crippen LogP contribution in [0.3, 0.4) is 0 Å². The van der Waals surface area contributed by atoms with Crippen molar-refractivity contribution in [1.82, 2.24) is 0 Å². The number of rotatable bonds is 6. The first kappa shape index (κ1) is 8.70. The Bertz CT molecular complexity index is 59.6. The molecule has 1 radical (unpaired) electrons. The molecule has 0 fully saturated rings. The van der Waals surface area contributed by atoms with Gasteiger partial charge in [0.05, 0.1) is 0 Å². The van der Waals surface area contributed by atoms with E-state index in [0.29, 0.717) is 0 Å². The van der Waals surface area contributed by atoms with Crippen molar-refractivity contribution >= 4 is 0 Å². The van der Waals surface area contributed by atoms with Gasteiger partial charge in [-0.25, -0.2) is 0 Å². The van der Waals surface area contributed by atoms with Crippen molar-refractivity contribution in [2.75, 3.05) is 13.7 Å². The molecular weight excluding hydrogens is 112 g/mol. The van der Waals surface area contributed by atoms with Crippen molar-refractivity contribution in [2.45, 2.75) is 25.7 Å². The van der Waals surface area contributed by atoms with Gasteiger partial charge in [0.15, 0.2) is 0 Å². The van der Waals surface area contributed by atoms with Crippen molar-refractivity contribution in [1.29, 1.82) is 0 Å². The van der Waals surface area contributed by atoms with Crippen molar-refractivity contribution in [3.8, 4) is 0 Å². The number of unbranched alkanes of at least 4 members (excludes halogenated alkanes) is 3. The van der Waals surface area contributed by atoms with Crippen LogP contribution in [0.25, 0.3) is 0 Å². The van der Waals surface area contributed by atoms with Crippen LogP contribution in [0.2, 0.25) is 0 Å². The van der Waals surface area contributed by atoms with Gasteiger partial charge in [-0.2, -0.15) is 0 Å². The third kappa shape index (κ3) is 7.70. The van der Waals surface area contributed by atoms with E-state index in [-0.39, 0.29) is 0 Å². The smallest absolute Gasteiger partial charge is 0.0462 e. The minimum absolute atomic E-state index is 0.880. The molecule has 0 aromatic heterocycles. The minimum atomic E-state index is 0.880. The van der Waals surface area contributed by atoms with Crippen LogP contribution < -0.4 is 0 Å². The molecule has 0 aliphatic rings. The molecule has 0 saturated carbocycles. The van der Waals surface area contributed by atoms with Crippen LogP contribution in [0.1, 0.15) is 25.7 Å². The SMILES string of the molecule is [CH]=CCCCCCOC. The molecule has 0 rings (SSSR count). The highest BCUT2D eigenvalue weighted by molar-refractivity contribution is 4.61. The summed E-state index contributed by atoms with van der Waals surface area (Å²) in [7, 11) is 1.73. The highest BCUT2D eigenvalue weighted by Gasteiger charge is 1.84. The monoisotopic (exact) mass is 127 g/mol. The van der Waals surface area contributed by atoms with Crippen LogP contribution in [-0.2, 0) is 4.74 Å². The van der Waals surface area contributed by atoms with Crippen molar-refractivity contribution in [3.63, 3.8) is 0 Å². The van der Waals surface area contributed by atoms with Gasteiger partial charge < -0.3 is 4.74 Å². The summed E-state index contributed by atoms with van der Waals surface area (Å²) in [5, 5.41) is 0. The maximum absolute atomic E-state index is 5.19. The van der Waals surface area contributed by atoms with Gasteiger partial charge in [0.25, 0.3) is 0 Å². The Morgan fingerprint density at radius 3 is 2.67 bits per heavy atom. The normalized spacial score (nSPS) is 9.44. The summed E-state index contributed by atoms with van der Waals surface area (Å²) in [6, 6.07) is 0. The fourth-order valence-corrected chi connectivity index (χ4v) is 0.685. The lowest BCUT2D eigenvalue weighted by Crippen LogP contribution is -1.87. The lowest BCUT2D eigenvalue weighted by Gasteiger charge is -1.95. The van der Waals surface area contributed by atoms with E-state index in [1.807, 2.05) is 0 Å². The summed E-state index contributed by atoms with van der Waals surface area (Å²) in [5.74, 6) is 0. The maximum Gasteiger partial charge on any atom is 0.0462 e. The fraction of sp³-hybridized carbons (Fsp3) is 0.750. The van der Waals surface area contributed by atoms with Gasteiger partial charge in [-0.3, -0.25) is 0 Å². The quantitative estimate of drug-likeness (QED) is 0.497. The first-order chi connectivity index (χ1) is 4.41. The maximum atomic E-state index is 5.19. The van der Waals surface area contributed by atoms with E-state index in [2.05, 4.69) is 0 Å². The summed E-state index contributed by atoms with van der Waals surface area (Å²) in [6.45, 7) is 6.07. The van der Waals surface area contributed by atoms with Gasteiger partial charge in [0.1, 0.15) is 0 Å². The van der Waals surface area contributed by atoms with Crippen molar-refractivity contribution in [3.05, 3.63) is 12.7 Å². The summed E-state index contributed by atoms with van der Waals surface area (Å²) in [4.78, 5) is 0. The highest BCUT2D eigenvalue weighted by atomic mass is 16.5. The third-order valence-corrected chi connectivity index (χ3v) is 1.22. The molecule has 1 heteroatoms. The van der Waals surface area contributed by atoms with Gasteiger partial charge >= 0.3 is 0 Å². The predicted octanol–water partition coefficient (Wildman–Crippen LogP) is 2.18. The molecule has 9 heavy (non-hydrogen) atoms. The molecule has 0 unspecified atom stereocenters. The van der Waals surface area contributed by atoms with Gasteiger partial charge in [-0.05, 0) is 19.3 Å². The van der Waals surface area contributed by atoms with E-state index in [0.717, 1.165) is 19.4 Å². The van der Waals surface area contributed by atoms with E-state index in [1.54, 1.807) is 13.2 Å². The van der Waals surface area contributed by atoms with Gasteiger partial charge in [0.2, 0.25) is 0 Å². The largest absolute Gasteiger partial charge is 0.385 e. The van der Waals surface area contributed by atoms with Crippen LogP contribution in [0.15, 0.2) is 6.08 Å². The Balaban J connectivity index is 2.66. The molecular formula is C8H15O. The van der Waals surface area contributed by atoms with Crippen LogP contribution in [0.5, 0.6) is 0 Å². The molecule has 0 aliphatic heterocycles. The standard InChI is InChI=1S/C8H15O/c1-3-4-5-6-7-8-9-2/h1,3H,4-8H2,2H3. The number of allylic oxidation sites excluding steroid dienone is 1. The number of methoxy groups -OCH3 is 1. The van der Waals surface area contributed by atoms with Crippen LogP contribution in [0.4, 0.5) is 0 Å². The molecule has 0 heterocycles. The zero-order chi connectivity index (χ0) is 6.95. The number of hydrogen-bond acceptors (Lipinski definition) is 1. The molecule has 0 saturated heterocycles. The molecule has 0 N–H and O–H groups in total. The molecule has 1 nitrogen and oxygen atoms in total. The highest BCUT2D eigenvalue weighted by Crippen LogP contribution is 1.98. The Morgan fingerprint density at radius 1 is 1.33 bits per heavy atom. The predicted molar refractivity (Wildman–Crippen MR) is 39.2 cm³/mol. The van der Waals surface area contributed by atoms with Crippen LogP contribution in [-0.4, -0.2) is 13.7 Å². The number of hydrogen-bond donors (Lipinski definition) is 0. The van der Waals surface area contributed by atoms with Gasteiger partial charge in [0, 0.05) is 13.7 Å². The lowest BCUT2D eigenvalue weighted by molar-refractivity contribution is 0.192. The molecule has 0 aliphatic carbocycles. The van der Waals surface area contributed by atoms with E-state index in [4.69, 9.17) is 11.3 Å². The van der Waals surface area contributed by atoms with Crippen molar-refractivity contribution in [2.24, 2.45) is 0 Å². The topological polar surface area (TPSA) is 9.23 Å². The van der Waals surface area contributed by atoms with E-state index < -0.39 is 0 Å². The number of ether oxygens (including phenoxy) is 1. The van der Waals surface area contributed by atoms with E-state index in [9.17, 15) is 0 Å². The molecule has 0 aromatic carbocycles. The second kappa shape index (κ2) is 7.70. The Morgan fingerprint density at radius 2 is 2.11 bits per heavy atom. The molecule has 0 bridgehead atoms. The Hall–Kier alpha value is -0.300. The summed E-state index contributed by atoms with van der Waals surface area (Å²) < 4.78 is 4.88. The van der Waals surface area contributed by atoms with E-state index >= 15 is 0 Å². The van der Waals surface area contributed by atoms with E-state index in [1.165, 1.54) is 12.8 Å². The third-order valence-electron chi connectivity index (χ3n) is 1.22. The van der Waals surface area contributed by atoms with Crippen molar-refractivity contribution < 1.29 is 4.74 Å². The first-order valence-corrected chi connectivity index (χ1v) is 3.44. The van der Waals surface area contributed by atoms with Crippen LogP contribution in [0, 0.1) is 6.58 Å². The average molecular weight is 127 g/mol. The summed E-state index contributed by atoms with van der Waals surface area (Å²) >= 11 is 0. The first-order valence-electron chi connectivity index (χ1n) is 3.44. The zero-order valence-corrected chi connectivity index (χ0v) is 6.10. The molecule has 53 valence electrons. The molecule has 0 atom stereocenters. The second-order valence-electron chi connectivity index (χ2n) is 2.08. The average Bonchev–Trinajstić information content (AvgIpc) is 1.89. The minimum Gasteiger partial charge on any atom is -0.385 e. The van der Waals surface area contributed by atoms with Gasteiger partial charge in [-0.15, -0.1) is 0 Å². The molecule has 0 aromatic rings. The zero-order valence-electron chi connectivity index (χ0n) is 6.10. The Labute approximate surface area is 57.7 Å². The summed E-state index contributed by atoms with van der Waals surface area (Å²) in [5.41, 5.74) is 0. The summed E-state index contributed by atoms with van der Waals surface area (Å²) in [6.07, 6.45) is 6.32.